The predicted octanol–water partition coefficient (Wildman–Crippen LogP) is -0.349. The fraction of sp³-hybridized carbons (Fsp3) is 0.846. The summed E-state index contributed by atoms with van der Waals surface area (Å²) in [5.74, 6) is -5.98. The Morgan fingerprint density at radius 2 is 0.907 bits per heavy atom. The molecule has 43 heavy (non-hydrogen) atoms. The van der Waals surface area contributed by atoms with Gasteiger partial charge in [-0.2, -0.15) is 0 Å². The minimum Gasteiger partial charge on any atom is -0.455 e. The highest BCUT2D eigenvalue weighted by atomic mass is 16.9. The number of hydrogen-bond donors (Lipinski definition) is 0. The van der Waals surface area contributed by atoms with Crippen molar-refractivity contribution in [1.29, 1.82) is 0 Å². The minimum absolute atomic E-state index is 0.101. The number of methoxy groups -OCH3 is 2. The van der Waals surface area contributed by atoms with Crippen LogP contribution in [-0.4, -0.2) is 125 Å². The van der Waals surface area contributed by atoms with Crippen LogP contribution in [-0.2, 0) is 80.8 Å². The third-order valence-corrected chi connectivity index (χ3v) is 7.12. The molecule has 17 nitrogen and oxygen atoms in total. The summed E-state index contributed by atoms with van der Waals surface area (Å²) in [6.45, 7) is 7.43. The first-order chi connectivity index (χ1) is 20.2. The summed E-state index contributed by atoms with van der Waals surface area (Å²) >= 11 is 0. The van der Waals surface area contributed by atoms with E-state index in [0.717, 1.165) is 13.8 Å². The van der Waals surface area contributed by atoms with Gasteiger partial charge in [0, 0.05) is 55.8 Å². The van der Waals surface area contributed by atoms with E-state index in [2.05, 4.69) is 0 Å². The van der Waals surface area contributed by atoms with Gasteiger partial charge in [-0.15, -0.1) is 0 Å². The molecule has 17 heteroatoms. The number of ether oxygens (including phenoxy) is 13. The molecule has 4 saturated heterocycles. The van der Waals surface area contributed by atoms with E-state index in [1.807, 2.05) is 0 Å². The lowest BCUT2D eigenvalue weighted by atomic mass is 9.96. The zero-order valence-electron chi connectivity index (χ0n) is 25.1. The molecule has 0 spiro atoms. The molecule has 12 atom stereocenters. The molecule has 0 saturated carbocycles. The predicted molar refractivity (Wildman–Crippen MR) is 133 cm³/mol. The standard InChI is InChI=1S/C26H38O17/c1-11(27)35-19-17-15(9-33-25(5,31-7)42-17)39-23(21(19)37-13(3)29)41-24-22(38-14(4)30)20(36-12(2)28)18-16(40-24)10-34-26(6,32-8)43-18/h15-24H,9-10H2,1-8H3/t15-,16-,17-,18-,19+,20+,21-,22-,23-,24-,25+,26+/m1/s1. The Morgan fingerprint density at radius 3 is 1.21 bits per heavy atom. The molecule has 0 aromatic heterocycles. The molecule has 0 N–H and O–H groups in total. The van der Waals surface area contributed by atoms with Crippen molar-refractivity contribution in [1.82, 2.24) is 0 Å². The van der Waals surface area contributed by atoms with Gasteiger partial charge in [0.05, 0.1) is 13.2 Å². The summed E-state index contributed by atoms with van der Waals surface area (Å²) in [6, 6.07) is 0. The summed E-state index contributed by atoms with van der Waals surface area (Å²) in [4.78, 5) is 48.8. The van der Waals surface area contributed by atoms with Crippen molar-refractivity contribution in [3.8, 4) is 0 Å². The Labute approximate surface area is 247 Å². The van der Waals surface area contributed by atoms with E-state index >= 15 is 0 Å². The molecule has 4 rings (SSSR count). The average molecular weight is 623 g/mol. The topological polar surface area (TPSA) is 188 Å². The number of carbonyl (C=O) groups excluding carboxylic acids is 4. The number of hydrogen-bond acceptors (Lipinski definition) is 17. The van der Waals surface area contributed by atoms with Crippen molar-refractivity contribution in [3.05, 3.63) is 0 Å². The van der Waals surface area contributed by atoms with Crippen LogP contribution in [0.25, 0.3) is 0 Å². The van der Waals surface area contributed by atoms with Crippen LogP contribution >= 0.6 is 0 Å². The van der Waals surface area contributed by atoms with Crippen LogP contribution in [0.15, 0.2) is 0 Å². The lowest BCUT2D eigenvalue weighted by Crippen LogP contribution is -2.70. The van der Waals surface area contributed by atoms with Gasteiger partial charge in [0.2, 0.25) is 12.6 Å². The summed E-state index contributed by atoms with van der Waals surface area (Å²) in [6.07, 6.45) is -12.2. The molecule has 4 aliphatic rings. The highest BCUT2D eigenvalue weighted by Crippen LogP contribution is 2.40. The van der Waals surface area contributed by atoms with Crippen molar-refractivity contribution in [2.75, 3.05) is 27.4 Å². The van der Waals surface area contributed by atoms with Gasteiger partial charge in [0.1, 0.15) is 24.4 Å². The molecule has 0 aromatic rings. The molecule has 0 aromatic carbocycles. The van der Waals surface area contributed by atoms with E-state index in [1.165, 1.54) is 41.9 Å². The van der Waals surface area contributed by atoms with Crippen molar-refractivity contribution in [2.24, 2.45) is 0 Å². The Morgan fingerprint density at radius 1 is 0.581 bits per heavy atom. The first kappa shape index (κ1) is 33.4. The normalized spacial score (nSPS) is 42.5. The molecular weight excluding hydrogens is 584 g/mol. The van der Waals surface area contributed by atoms with Crippen LogP contribution < -0.4 is 0 Å². The van der Waals surface area contributed by atoms with Gasteiger partial charge in [-0.3, -0.25) is 19.2 Å². The molecule has 4 fully saturated rings. The van der Waals surface area contributed by atoms with Crippen molar-refractivity contribution in [3.63, 3.8) is 0 Å². The first-order valence-corrected chi connectivity index (χ1v) is 13.6. The second-order valence-electron chi connectivity index (χ2n) is 10.4. The Bertz CT molecular complexity index is 973. The molecule has 0 aliphatic carbocycles. The third kappa shape index (κ3) is 7.61. The maximum absolute atomic E-state index is 12.2. The monoisotopic (exact) mass is 622 g/mol. The smallest absolute Gasteiger partial charge is 0.303 e. The molecule has 0 radical (unpaired) electrons. The van der Waals surface area contributed by atoms with Gasteiger partial charge in [0.15, 0.2) is 24.4 Å². The van der Waals surface area contributed by atoms with E-state index in [9.17, 15) is 19.2 Å². The molecule has 4 heterocycles. The molecule has 0 bridgehead atoms. The summed E-state index contributed by atoms with van der Waals surface area (Å²) < 4.78 is 74.3. The Balaban J connectivity index is 1.68. The molecule has 0 unspecified atom stereocenters. The summed E-state index contributed by atoms with van der Waals surface area (Å²) in [5.41, 5.74) is 0. The van der Waals surface area contributed by atoms with Crippen LogP contribution in [0.3, 0.4) is 0 Å². The maximum atomic E-state index is 12.2. The van der Waals surface area contributed by atoms with Crippen LogP contribution in [0.5, 0.6) is 0 Å². The lowest BCUT2D eigenvalue weighted by molar-refractivity contribution is -0.468. The van der Waals surface area contributed by atoms with Gasteiger partial charge >= 0.3 is 23.9 Å². The lowest BCUT2D eigenvalue weighted by Gasteiger charge is -2.52. The van der Waals surface area contributed by atoms with Gasteiger partial charge in [0.25, 0.3) is 11.9 Å². The highest BCUT2D eigenvalue weighted by Gasteiger charge is 2.60. The second kappa shape index (κ2) is 13.3. The van der Waals surface area contributed by atoms with Crippen molar-refractivity contribution in [2.45, 2.75) is 115 Å². The number of esters is 4. The Kier molecular flexibility index (Phi) is 10.3. The maximum Gasteiger partial charge on any atom is 0.303 e. The van der Waals surface area contributed by atoms with Gasteiger partial charge in [-0.25, -0.2) is 0 Å². The molecule has 0 amide bonds. The van der Waals surface area contributed by atoms with E-state index in [4.69, 9.17) is 61.6 Å². The van der Waals surface area contributed by atoms with Gasteiger partial charge in [-0.1, -0.05) is 0 Å². The summed E-state index contributed by atoms with van der Waals surface area (Å²) in [5, 5.41) is 0. The van der Waals surface area contributed by atoms with Crippen LogP contribution in [0.2, 0.25) is 0 Å². The number of fused-ring (bicyclic) bond motifs is 2. The zero-order valence-corrected chi connectivity index (χ0v) is 25.1. The van der Waals surface area contributed by atoms with Crippen molar-refractivity contribution < 1.29 is 80.8 Å². The SMILES string of the molecule is CO[C@@]1(C)OC[C@H]2O[C@H](O[C@H]3O[C@@H]4CO[C@](C)(OC)O[C@H]4[C@H](OC(C)=O)[C@H]3OC(C)=O)[C@H](OC(C)=O)[C@@H](OC(C)=O)[C@@H]2O1. The number of rotatable bonds is 8. The average Bonchev–Trinajstić information content (AvgIpc) is 2.92. The highest BCUT2D eigenvalue weighted by molar-refractivity contribution is 5.68. The largest absolute Gasteiger partial charge is 0.455 e. The van der Waals surface area contributed by atoms with Crippen molar-refractivity contribution >= 4 is 23.9 Å². The van der Waals surface area contributed by atoms with Gasteiger partial charge in [-0.05, 0) is 0 Å². The third-order valence-electron chi connectivity index (χ3n) is 7.12. The number of carbonyl (C=O) groups is 4. The molecular formula is C26H38O17. The molecule has 4 aliphatic heterocycles. The quantitative estimate of drug-likeness (QED) is 0.252. The minimum atomic E-state index is -1.52. The zero-order chi connectivity index (χ0) is 31.7. The van der Waals surface area contributed by atoms with E-state index in [0.29, 0.717) is 0 Å². The van der Waals surface area contributed by atoms with Gasteiger partial charge < -0.3 is 61.6 Å². The van der Waals surface area contributed by atoms with Crippen LogP contribution in [0.1, 0.15) is 41.5 Å². The van der Waals surface area contributed by atoms with E-state index < -0.39 is 97.2 Å². The summed E-state index contributed by atoms with van der Waals surface area (Å²) in [7, 11) is 2.72. The fourth-order valence-corrected chi connectivity index (χ4v) is 5.19. The van der Waals surface area contributed by atoms with Crippen LogP contribution in [0.4, 0.5) is 0 Å². The van der Waals surface area contributed by atoms with E-state index in [-0.39, 0.29) is 13.2 Å². The first-order valence-electron chi connectivity index (χ1n) is 13.6. The fourth-order valence-electron chi connectivity index (χ4n) is 5.19. The Hall–Kier alpha value is -2.48. The molecule has 244 valence electrons. The van der Waals surface area contributed by atoms with E-state index in [1.54, 1.807) is 0 Å². The van der Waals surface area contributed by atoms with Crippen LogP contribution in [0, 0.1) is 0 Å². The second-order valence-corrected chi connectivity index (χ2v) is 10.4.